The Morgan fingerprint density at radius 1 is 0.913 bits per heavy atom. The minimum absolute atomic E-state index is 0.144. The molecule has 4 rings (SSSR count). The molecule has 0 aliphatic heterocycles. The maximum absolute atomic E-state index is 9.41. The summed E-state index contributed by atoms with van der Waals surface area (Å²) in [4.78, 5) is 0. The summed E-state index contributed by atoms with van der Waals surface area (Å²) in [5.74, 6) is 3.00. The number of hydrogen-bond donors (Lipinski definition) is 2. The van der Waals surface area contributed by atoms with Gasteiger partial charge in [-0.3, -0.25) is 0 Å². The van der Waals surface area contributed by atoms with E-state index in [4.69, 9.17) is 5.21 Å². The highest BCUT2D eigenvalue weighted by molar-refractivity contribution is 5.92. The molecule has 0 unspecified atom stereocenters. The summed E-state index contributed by atoms with van der Waals surface area (Å²) >= 11 is 0. The minimum Gasteiger partial charge on any atom is -0.411 e. The zero-order chi connectivity index (χ0) is 16.2. The monoisotopic (exact) mass is 318 g/mol. The number of oxime groups is 2. The molecule has 0 aromatic rings. The first-order valence-electron chi connectivity index (χ1n) is 9.44. The van der Waals surface area contributed by atoms with Crippen LogP contribution >= 0.6 is 0 Å². The maximum atomic E-state index is 9.41. The van der Waals surface area contributed by atoms with Crippen molar-refractivity contribution in [2.24, 2.45) is 44.8 Å². The van der Waals surface area contributed by atoms with Gasteiger partial charge in [0.25, 0.3) is 0 Å². The fourth-order valence-electron chi connectivity index (χ4n) is 7.10. The van der Waals surface area contributed by atoms with E-state index in [2.05, 4.69) is 24.2 Å². The van der Waals surface area contributed by atoms with E-state index in [-0.39, 0.29) is 5.41 Å². The second kappa shape index (κ2) is 5.22. The van der Waals surface area contributed by atoms with Crippen LogP contribution in [0, 0.1) is 34.5 Å². The van der Waals surface area contributed by atoms with Crippen LogP contribution in [0.1, 0.15) is 71.6 Å². The molecular weight excluding hydrogens is 288 g/mol. The third kappa shape index (κ3) is 2.02. The van der Waals surface area contributed by atoms with Gasteiger partial charge in [-0.05, 0) is 86.9 Å². The summed E-state index contributed by atoms with van der Waals surface area (Å²) in [6.45, 7) is 4.86. The summed E-state index contributed by atoms with van der Waals surface area (Å²) < 4.78 is 0. The molecular formula is C19H30N2O2. The molecule has 0 saturated heterocycles. The molecule has 2 N–H and O–H groups in total. The second-order valence-electron chi connectivity index (χ2n) is 9.07. The van der Waals surface area contributed by atoms with Gasteiger partial charge in [0.05, 0.1) is 11.4 Å². The standard InChI is InChI=1S/C19H30N2O2/c1-18-9-7-13(20-22)11-12(18)3-4-14-15-5-6-17(21-23)19(15,2)10-8-16(14)18/h12,14-16,22-23H,3-11H2,1-2H3/b20-13-,21-17-/t12-,14-,15-,16+,18-,19-/m0/s1. The van der Waals surface area contributed by atoms with Crippen LogP contribution in [0.4, 0.5) is 0 Å². The first kappa shape index (κ1) is 15.5. The van der Waals surface area contributed by atoms with E-state index in [0.717, 1.165) is 42.5 Å². The zero-order valence-electron chi connectivity index (χ0n) is 14.5. The third-order valence-electron chi connectivity index (χ3n) is 8.50. The summed E-state index contributed by atoms with van der Waals surface area (Å²) in [7, 11) is 0. The van der Waals surface area contributed by atoms with Gasteiger partial charge in [0.1, 0.15) is 0 Å². The van der Waals surface area contributed by atoms with Crippen molar-refractivity contribution in [3.63, 3.8) is 0 Å². The van der Waals surface area contributed by atoms with Gasteiger partial charge in [0.2, 0.25) is 0 Å². The van der Waals surface area contributed by atoms with Crippen LogP contribution in [0.3, 0.4) is 0 Å². The van der Waals surface area contributed by atoms with Crippen molar-refractivity contribution < 1.29 is 10.4 Å². The molecule has 4 aliphatic carbocycles. The van der Waals surface area contributed by atoms with E-state index in [1.54, 1.807) is 0 Å². The largest absolute Gasteiger partial charge is 0.411 e. The van der Waals surface area contributed by atoms with Gasteiger partial charge >= 0.3 is 0 Å². The summed E-state index contributed by atoms with van der Waals surface area (Å²) in [5, 5.41) is 25.8. The predicted molar refractivity (Wildman–Crippen MR) is 90.2 cm³/mol. The fourth-order valence-corrected chi connectivity index (χ4v) is 7.10. The van der Waals surface area contributed by atoms with E-state index in [9.17, 15) is 5.21 Å². The molecule has 128 valence electrons. The molecule has 4 fully saturated rings. The van der Waals surface area contributed by atoms with Crippen molar-refractivity contribution >= 4 is 11.4 Å². The lowest BCUT2D eigenvalue weighted by molar-refractivity contribution is -0.0819. The first-order valence-corrected chi connectivity index (χ1v) is 9.44. The molecule has 0 radical (unpaired) electrons. The van der Waals surface area contributed by atoms with E-state index >= 15 is 0 Å². The van der Waals surface area contributed by atoms with Gasteiger partial charge in [-0.1, -0.05) is 24.2 Å². The smallest absolute Gasteiger partial charge is 0.0632 e. The molecule has 6 atom stereocenters. The van der Waals surface area contributed by atoms with Crippen molar-refractivity contribution in [3.8, 4) is 0 Å². The number of nitrogens with zero attached hydrogens (tertiary/aromatic N) is 2. The molecule has 4 aliphatic rings. The van der Waals surface area contributed by atoms with Crippen LogP contribution in [0.5, 0.6) is 0 Å². The Balaban J connectivity index is 1.63. The fraction of sp³-hybridized carbons (Fsp3) is 0.895. The Kier molecular flexibility index (Phi) is 3.51. The number of rotatable bonds is 0. The molecule has 4 nitrogen and oxygen atoms in total. The first-order chi connectivity index (χ1) is 11.0. The van der Waals surface area contributed by atoms with Gasteiger partial charge in [0.15, 0.2) is 0 Å². The summed E-state index contributed by atoms with van der Waals surface area (Å²) in [5.41, 5.74) is 2.64. The third-order valence-corrected chi connectivity index (χ3v) is 8.50. The van der Waals surface area contributed by atoms with E-state index in [1.807, 2.05) is 0 Å². The van der Waals surface area contributed by atoms with E-state index in [1.165, 1.54) is 38.5 Å². The molecule has 4 saturated carbocycles. The van der Waals surface area contributed by atoms with E-state index in [0.29, 0.717) is 17.3 Å². The maximum Gasteiger partial charge on any atom is 0.0632 e. The topological polar surface area (TPSA) is 65.2 Å². The Labute approximate surface area is 139 Å². The van der Waals surface area contributed by atoms with Crippen LogP contribution in [-0.4, -0.2) is 21.8 Å². The van der Waals surface area contributed by atoms with Gasteiger partial charge in [-0.25, -0.2) is 0 Å². The molecule has 0 bridgehead atoms. The van der Waals surface area contributed by atoms with Crippen LogP contribution in [0.2, 0.25) is 0 Å². The van der Waals surface area contributed by atoms with Gasteiger partial charge in [-0.2, -0.15) is 0 Å². The van der Waals surface area contributed by atoms with Crippen molar-refractivity contribution in [2.45, 2.75) is 71.6 Å². The molecule has 0 heterocycles. The van der Waals surface area contributed by atoms with Gasteiger partial charge in [0, 0.05) is 5.41 Å². The van der Waals surface area contributed by atoms with Crippen molar-refractivity contribution in [1.82, 2.24) is 0 Å². The van der Waals surface area contributed by atoms with E-state index < -0.39 is 0 Å². The Bertz CT molecular complexity index is 558. The average Bonchev–Trinajstić information content (AvgIpc) is 2.90. The van der Waals surface area contributed by atoms with Crippen molar-refractivity contribution in [1.29, 1.82) is 0 Å². The Morgan fingerprint density at radius 3 is 2.48 bits per heavy atom. The highest BCUT2D eigenvalue weighted by atomic mass is 16.4. The van der Waals surface area contributed by atoms with Gasteiger partial charge < -0.3 is 10.4 Å². The molecule has 0 amide bonds. The average molecular weight is 318 g/mol. The summed E-state index contributed by atoms with van der Waals surface area (Å²) in [6.07, 6.45) is 10.4. The number of fused-ring (bicyclic) bond motifs is 5. The van der Waals surface area contributed by atoms with Gasteiger partial charge in [-0.15, -0.1) is 0 Å². The molecule has 0 aromatic carbocycles. The predicted octanol–water partition coefficient (Wildman–Crippen LogP) is 4.69. The highest BCUT2D eigenvalue weighted by Gasteiger charge is 2.59. The van der Waals surface area contributed by atoms with Crippen molar-refractivity contribution in [2.75, 3.05) is 0 Å². The lowest BCUT2D eigenvalue weighted by Crippen LogP contribution is -2.53. The quantitative estimate of drug-likeness (QED) is 0.502. The van der Waals surface area contributed by atoms with Crippen LogP contribution in [-0.2, 0) is 0 Å². The Hall–Kier alpha value is -1.06. The van der Waals surface area contributed by atoms with Crippen molar-refractivity contribution in [3.05, 3.63) is 0 Å². The SMILES string of the molecule is C[C@]12CC/C(=N/O)C[C@@H]1CC[C@@H]1[C@H]2CC[C@]2(C)/C(=N\O)CC[C@@H]12. The summed E-state index contributed by atoms with van der Waals surface area (Å²) in [6, 6.07) is 0. The molecule has 4 heteroatoms. The second-order valence-corrected chi connectivity index (χ2v) is 9.07. The van der Waals surface area contributed by atoms with Crippen LogP contribution < -0.4 is 0 Å². The van der Waals surface area contributed by atoms with Crippen LogP contribution in [0.25, 0.3) is 0 Å². The lowest BCUT2D eigenvalue weighted by Gasteiger charge is -2.59. The molecule has 23 heavy (non-hydrogen) atoms. The number of hydrogen-bond acceptors (Lipinski definition) is 4. The van der Waals surface area contributed by atoms with Crippen LogP contribution in [0.15, 0.2) is 10.3 Å². The zero-order valence-corrected chi connectivity index (χ0v) is 14.5. The minimum atomic E-state index is 0.144. The highest BCUT2D eigenvalue weighted by Crippen LogP contribution is 2.65. The lowest BCUT2D eigenvalue weighted by atomic mass is 9.45. The molecule has 0 aromatic heterocycles. The normalized spacial score (nSPS) is 53.0. The Morgan fingerprint density at radius 2 is 1.74 bits per heavy atom. The molecule has 0 spiro atoms.